The molecule has 31 heavy (non-hydrogen) atoms. The summed E-state index contributed by atoms with van der Waals surface area (Å²) in [5.74, 6) is -0.214. The number of rotatable bonds is 4. The standard InChI is InChI=1S/C24H16Cl2O5/c1-13-10-20-18(12-19(13)26)21(27)23(31-24(28)15-4-3-5-16(25)11-15)22(30-20)14-6-8-17(29-2)9-7-14/h3-12H,1-2H3. The molecule has 4 rings (SSSR count). The van der Waals surface area contributed by atoms with Crippen LogP contribution in [0, 0.1) is 6.92 Å². The number of carbonyl (C=O) groups excluding carboxylic acids is 1. The third-order valence-electron chi connectivity index (χ3n) is 4.74. The summed E-state index contributed by atoms with van der Waals surface area (Å²) in [7, 11) is 1.55. The fourth-order valence-corrected chi connectivity index (χ4v) is 3.44. The average molecular weight is 455 g/mol. The SMILES string of the molecule is COc1ccc(-c2oc3cc(C)c(Cl)cc3c(=O)c2OC(=O)c2cccc(Cl)c2)cc1. The maximum Gasteiger partial charge on any atom is 0.343 e. The van der Waals surface area contributed by atoms with Crippen molar-refractivity contribution >= 4 is 40.1 Å². The van der Waals surface area contributed by atoms with Gasteiger partial charge in [-0.15, -0.1) is 0 Å². The van der Waals surface area contributed by atoms with Crippen molar-refractivity contribution in [2.24, 2.45) is 0 Å². The monoisotopic (exact) mass is 454 g/mol. The molecule has 1 heterocycles. The highest BCUT2D eigenvalue weighted by Crippen LogP contribution is 2.34. The zero-order valence-corrected chi connectivity index (χ0v) is 18.1. The summed E-state index contributed by atoms with van der Waals surface area (Å²) >= 11 is 12.2. The summed E-state index contributed by atoms with van der Waals surface area (Å²) in [4.78, 5) is 26.0. The van der Waals surface area contributed by atoms with Crippen LogP contribution >= 0.6 is 23.2 Å². The Morgan fingerprint density at radius 2 is 1.74 bits per heavy atom. The second kappa shape index (κ2) is 8.46. The van der Waals surface area contributed by atoms with E-state index in [1.54, 1.807) is 55.6 Å². The number of carbonyl (C=O) groups is 1. The summed E-state index contributed by atoms with van der Waals surface area (Å²) in [5.41, 5.74) is 1.32. The minimum absolute atomic E-state index is 0.122. The van der Waals surface area contributed by atoms with Gasteiger partial charge in [0.15, 0.2) is 5.76 Å². The molecular formula is C24H16Cl2O5. The number of esters is 1. The molecule has 156 valence electrons. The first-order valence-electron chi connectivity index (χ1n) is 9.26. The first kappa shape index (κ1) is 21.0. The Balaban J connectivity index is 1.91. The zero-order valence-electron chi connectivity index (χ0n) is 16.6. The van der Waals surface area contributed by atoms with Gasteiger partial charge in [-0.25, -0.2) is 4.79 Å². The summed E-state index contributed by atoms with van der Waals surface area (Å²) in [6.07, 6.45) is 0. The molecular weight excluding hydrogens is 439 g/mol. The molecule has 4 aromatic rings. The van der Waals surface area contributed by atoms with E-state index >= 15 is 0 Å². The van der Waals surface area contributed by atoms with Crippen molar-refractivity contribution < 1.29 is 18.7 Å². The topological polar surface area (TPSA) is 65.7 Å². The molecule has 0 saturated carbocycles. The molecule has 0 fully saturated rings. The molecule has 5 nitrogen and oxygen atoms in total. The zero-order chi connectivity index (χ0) is 22.1. The van der Waals surface area contributed by atoms with Crippen molar-refractivity contribution in [1.29, 1.82) is 0 Å². The Kier molecular flexibility index (Phi) is 5.72. The van der Waals surface area contributed by atoms with Crippen LogP contribution in [-0.4, -0.2) is 13.1 Å². The number of benzene rings is 3. The molecule has 1 aromatic heterocycles. The van der Waals surface area contributed by atoms with Crippen molar-refractivity contribution in [1.82, 2.24) is 0 Å². The van der Waals surface area contributed by atoms with Crippen LogP contribution in [-0.2, 0) is 0 Å². The van der Waals surface area contributed by atoms with Crippen LogP contribution in [0.1, 0.15) is 15.9 Å². The van der Waals surface area contributed by atoms with Crippen LogP contribution in [0.5, 0.6) is 11.5 Å². The average Bonchev–Trinajstić information content (AvgIpc) is 2.77. The van der Waals surface area contributed by atoms with E-state index in [-0.39, 0.29) is 22.5 Å². The van der Waals surface area contributed by atoms with Gasteiger partial charge in [-0.1, -0.05) is 29.3 Å². The lowest BCUT2D eigenvalue weighted by Crippen LogP contribution is -2.16. The minimum Gasteiger partial charge on any atom is -0.497 e. The lowest BCUT2D eigenvalue weighted by molar-refractivity contribution is 0.0731. The molecule has 3 aromatic carbocycles. The Morgan fingerprint density at radius 3 is 2.42 bits per heavy atom. The van der Waals surface area contributed by atoms with Crippen LogP contribution in [0.3, 0.4) is 0 Å². The Bertz CT molecular complexity index is 1360. The Labute approximate surface area is 187 Å². The largest absolute Gasteiger partial charge is 0.497 e. The van der Waals surface area contributed by atoms with E-state index in [1.807, 2.05) is 6.92 Å². The van der Waals surface area contributed by atoms with Crippen LogP contribution in [0.15, 0.2) is 69.9 Å². The molecule has 0 aliphatic heterocycles. The van der Waals surface area contributed by atoms with E-state index in [9.17, 15) is 9.59 Å². The first-order valence-corrected chi connectivity index (χ1v) is 10.0. The van der Waals surface area contributed by atoms with Crippen molar-refractivity contribution in [3.05, 3.63) is 92.1 Å². The maximum absolute atomic E-state index is 13.3. The first-order chi connectivity index (χ1) is 14.9. The number of halogens is 2. The summed E-state index contributed by atoms with van der Waals surface area (Å²) < 4.78 is 16.7. The van der Waals surface area contributed by atoms with E-state index in [4.69, 9.17) is 37.1 Å². The van der Waals surface area contributed by atoms with Gasteiger partial charge in [0.25, 0.3) is 0 Å². The normalized spacial score (nSPS) is 10.8. The number of hydrogen-bond acceptors (Lipinski definition) is 5. The maximum atomic E-state index is 13.3. The van der Waals surface area contributed by atoms with E-state index in [0.29, 0.717) is 26.9 Å². The molecule has 0 bridgehead atoms. The fraction of sp³-hybridized carbons (Fsp3) is 0.0833. The summed E-state index contributed by atoms with van der Waals surface area (Å²) in [6, 6.07) is 16.3. The van der Waals surface area contributed by atoms with Gasteiger partial charge in [-0.3, -0.25) is 4.79 Å². The lowest BCUT2D eigenvalue weighted by Gasteiger charge is -2.12. The molecule has 0 spiro atoms. The van der Waals surface area contributed by atoms with E-state index in [1.165, 1.54) is 12.1 Å². The highest BCUT2D eigenvalue weighted by atomic mass is 35.5. The van der Waals surface area contributed by atoms with E-state index < -0.39 is 11.4 Å². The van der Waals surface area contributed by atoms with Crippen molar-refractivity contribution in [2.45, 2.75) is 6.92 Å². The molecule has 0 unspecified atom stereocenters. The van der Waals surface area contributed by atoms with Gasteiger partial charge < -0.3 is 13.9 Å². The molecule has 0 amide bonds. The predicted octanol–water partition coefficient (Wildman–Crippen LogP) is 6.30. The van der Waals surface area contributed by atoms with Gasteiger partial charge in [0.1, 0.15) is 11.3 Å². The molecule has 0 aliphatic rings. The summed E-state index contributed by atoms with van der Waals surface area (Å²) in [6.45, 7) is 1.81. The van der Waals surface area contributed by atoms with E-state index in [2.05, 4.69) is 0 Å². The number of methoxy groups -OCH3 is 1. The van der Waals surface area contributed by atoms with Crippen LogP contribution in [0.4, 0.5) is 0 Å². The van der Waals surface area contributed by atoms with Crippen molar-refractivity contribution in [3.8, 4) is 22.8 Å². The van der Waals surface area contributed by atoms with Crippen molar-refractivity contribution in [3.63, 3.8) is 0 Å². The third-order valence-corrected chi connectivity index (χ3v) is 5.38. The fourth-order valence-electron chi connectivity index (χ4n) is 3.09. The lowest BCUT2D eigenvalue weighted by atomic mass is 10.1. The quantitative estimate of drug-likeness (QED) is 0.338. The van der Waals surface area contributed by atoms with Gasteiger partial charge in [-0.2, -0.15) is 0 Å². The predicted molar refractivity (Wildman–Crippen MR) is 121 cm³/mol. The van der Waals surface area contributed by atoms with Crippen molar-refractivity contribution in [2.75, 3.05) is 7.11 Å². The van der Waals surface area contributed by atoms with Gasteiger partial charge >= 0.3 is 5.97 Å². The third kappa shape index (κ3) is 4.15. The molecule has 0 N–H and O–H groups in total. The molecule has 7 heteroatoms. The van der Waals surface area contributed by atoms with Crippen LogP contribution < -0.4 is 14.9 Å². The second-order valence-electron chi connectivity index (χ2n) is 6.82. The van der Waals surface area contributed by atoms with Gasteiger partial charge in [0.05, 0.1) is 18.1 Å². The number of hydrogen-bond donors (Lipinski definition) is 0. The molecule has 0 aliphatic carbocycles. The number of aryl methyl sites for hydroxylation is 1. The second-order valence-corrected chi connectivity index (χ2v) is 7.66. The molecule has 0 radical (unpaired) electrons. The number of ether oxygens (including phenoxy) is 2. The van der Waals surface area contributed by atoms with Crippen LogP contribution in [0.25, 0.3) is 22.3 Å². The Morgan fingerprint density at radius 1 is 1.00 bits per heavy atom. The Hall–Kier alpha value is -3.28. The van der Waals surface area contributed by atoms with Crippen LogP contribution in [0.2, 0.25) is 10.0 Å². The van der Waals surface area contributed by atoms with Gasteiger partial charge in [0.2, 0.25) is 11.2 Å². The smallest absolute Gasteiger partial charge is 0.343 e. The molecule has 0 saturated heterocycles. The highest BCUT2D eigenvalue weighted by molar-refractivity contribution is 6.32. The van der Waals surface area contributed by atoms with E-state index in [0.717, 1.165) is 5.56 Å². The van der Waals surface area contributed by atoms with Gasteiger partial charge in [-0.05, 0) is 67.1 Å². The van der Waals surface area contributed by atoms with Gasteiger partial charge in [0, 0.05) is 15.6 Å². The highest BCUT2D eigenvalue weighted by Gasteiger charge is 2.22. The minimum atomic E-state index is -0.734. The molecule has 0 atom stereocenters. The number of fused-ring (bicyclic) bond motifs is 1. The summed E-state index contributed by atoms with van der Waals surface area (Å²) in [5, 5.41) is 0.989.